The predicted octanol–water partition coefficient (Wildman–Crippen LogP) is 1.71. The highest BCUT2D eigenvalue weighted by molar-refractivity contribution is 5.03. The van der Waals surface area contributed by atoms with E-state index in [9.17, 15) is 0 Å². The third-order valence-corrected chi connectivity index (χ3v) is 4.14. The van der Waals surface area contributed by atoms with Crippen LogP contribution in [-0.2, 0) is 0 Å². The van der Waals surface area contributed by atoms with Crippen molar-refractivity contribution in [2.24, 2.45) is 0 Å². The van der Waals surface area contributed by atoms with Gasteiger partial charge in [0.15, 0.2) is 0 Å². The maximum Gasteiger partial charge on any atom is 0.0223 e. The lowest BCUT2D eigenvalue weighted by Gasteiger charge is -2.30. The molecule has 2 fully saturated rings. The molecular weight excluding hydrogens is 222 g/mol. The summed E-state index contributed by atoms with van der Waals surface area (Å²) in [6.45, 7) is 12.3. The van der Waals surface area contributed by atoms with Gasteiger partial charge < -0.3 is 10.2 Å². The molecule has 1 N–H and O–H groups in total. The number of nitrogens with one attached hydrogen (secondary N) is 1. The molecule has 0 bridgehead atoms. The van der Waals surface area contributed by atoms with E-state index in [1.165, 1.54) is 50.9 Å². The van der Waals surface area contributed by atoms with Crippen LogP contribution in [-0.4, -0.2) is 61.7 Å². The van der Waals surface area contributed by atoms with Gasteiger partial charge in [0.05, 0.1) is 0 Å². The van der Waals surface area contributed by atoms with Crippen LogP contribution in [0.15, 0.2) is 12.2 Å². The van der Waals surface area contributed by atoms with E-state index in [0.717, 1.165) is 19.1 Å². The third kappa shape index (κ3) is 4.38. The van der Waals surface area contributed by atoms with Crippen molar-refractivity contribution in [2.45, 2.75) is 44.7 Å². The highest BCUT2D eigenvalue weighted by atomic mass is 15.2. The van der Waals surface area contributed by atoms with Crippen molar-refractivity contribution in [1.82, 2.24) is 15.1 Å². The number of rotatable bonds is 6. The predicted molar refractivity (Wildman–Crippen MR) is 77.9 cm³/mol. The monoisotopic (exact) mass is 251 g/mol. The molecule has 1 aliphatic heterocycles. The summed E-state index contributed by atoms with van der Waals surface area (Å²) >= 11 is 0. The van der Waals surface area contributed by atoms with Gasteiger partial charge in [-0.15, -0.1) is 0 Å². The molecule has 0 radical (unpaired) electrons. The summed E-state index contributed by atoms with van der Waals surface area (Å²) in [5.74, 6) is 0. The van der Waals surface area contributed by atoms with Crippen molar-refractivity contribution in [3.63, 3.8) is 0 Å². The molecule has 0 aromatic heterocycles. The van der Waals surface area contributed by atoms with Crippen LogP contribution in [0.25, 0.3) is 0 Å². The zero-order valence-corrected chi connectivity index (χ0v) is 12.1. The summed E-state index contributed by atoms with van der Waals surface area (Å²) in [5, 5.41) is 3.57. The summed E-state index contributed by atoms with van der Waals surface area (Å²) in [4.78, 5) is 5.11. The lowest BCUT2D eigenvalue weighted by Crippen LogP contribution is -2.41. The van der Waals surface area contributed by atoms with E-state index < -0.39 is 0 Å². The van der Waals surface area contributed by atoms with Crippen LogP contribution in [0.3, 0.4) is 0 Å². The topological polar surface area (TPSA) is 18.5 Å². The largest absolute Gasteiger partial charge is 0.310 e. The van der Waals surface area contributed by atoms with Crippen LogP contribution in [0.2, 0.25) is 0 Å². The van der Waals surface area contributed by atoms with Crippen LogP contribution in [0.4, 0.5) is 0 Å². The summed E-state index contributed by atoms with van der Waals surface area (Å²) < 4.78 is 0. The van der Waals surface area contributed by atoms with Crippen LogP contribution in [0, 0.1) is 0 Å². The second-order valence-electron chi connectivity index (χ2n) is 6.05. The Balaban J connectivity index is 1.78. The van der Waals surface area contributed by atoms with E-state index in [1.807, 2.05) is 0 Å². The Bertz CT molecular complexity index is 273. The quantitative estimate of drug-likeness (QED) is 0.725. The number of likely N-dealkylation sites (N-methyl/N-ethyl adjacent to an activating group) is 1. The number of hydrogen-bond donors (Lipinski definition) is 1. The average molecular weight is 251 g/mol. The molecule has 1 atom stereocenters. The molecule has 104 valence electrons. The van der Waals surface area contributed by atoms with E-state index in [2.05, 4.69) is 35.7 Å². The Morgan fingerprint density at radius 3 is 2.78 bits per heavy atom. The van der Waals surface area contributed by atoms with Crippen LogP contribution >= 0.6 is 0 Å². The van der Waals surface area contributed by atoms with Gasteiger partial charge in [-0.3, -0.25) is 4.90 Å². The molecule has 1 aliphatic carbocycles. The summed E-state index contributed by atoms with van der Waals surface area (Å²) in [6, 6.07) is 1.49. The van der Waals surface area contributed by atoms with Gasteiger partial charge in [0.1, 0.15) is 0 Å². The molecule has 1 heterocycles. The molecule has 0 spiro atoms. The smallest absolute Gasteiger partial charge is 0.0223 e. The fourth-order valence-corrected chi connectivity index (χ4v) is 2.81. The Morgan fingerprint density at radius 2 is 2.11 bits per heavy atom. The first-order chi connectivity index (χ1) is 8.69. The van der Waals surface area contributed by atoms with Crippen LogP contribution < -0.4 is 5.32 Å². The minimum absolute atomic E-state index is 0.704. The summed E-state index contributed by atoms with van der Waals surface area (Å²) in [5.41, 5.74) is 1.35. The molecule has 2 aliphatic rings. The zero-order chi connectivity index (χ0) is 13.0. The molecule has 0 aromatic carbocycles. The molecular formula is C15H29N3. The van der Waals surface area contributed by atoms with E-state index in [-0.39, 0.29) is 0 Å². The molecule has 1 saturated heterocycles. The lowest BCUT2D eigenvalue weighted by molar-refractivity contribution is 0.196. The maximum absolute atomic E-state index is 4.25. The Kier molecular flexibility index (Phi) is 5.22. The van der Waals surface area contributed by atoms with Crippen LogP contribution in [0.5, 0.6) is 0 Å². The van der Waals surface area contributed by atoms with E-state index >= 15 is 0 Å². The fraction of sp³-hybridized carbons (Fsp3) is 0.867. The van der Waals surface area contributed by atoms with Gasteiger partial charge in [0.2, 0.25) is 0 Å². The Labute approximate surface area is 112 Å². The SMILES string of the molecule is C=C(CNC1CC1)CN1CCCN(C)CC1CC. The Morgan fingerprint density at radius 1 is 1.33 bits per heavy atom. The van der Waals surface area contributed by atoms with Gasteiger partial charge in [-0.25, -0.2) is 0 Å². The molecule has 2 rings (SSSR count). The van der Waals surface area contributed by atoms with Crippen molar-refractivity contribution >= 4 is 0 Å². The van der Waals surface area contributed by atoms with Crippen molar-refractivity contribution < 1.29 is 0 Å². The van der Waals surface area contributed by atoms with Gasteiger partial charge in [0, 0.05) is 38.3 Å². The van der Waals surface area contributed by atoms with Crippen molar-refractivity contribution in [2.75, 3.05) is 39.8 Å². The standard InChI is InChI=1S/C15H29N3/c1-4-15-12-17(3)8-5-9-18(15)11-13(2)10-16-14-6-7-14/h14-16H,2,4-12H2,1,3H3. The van der Waals surface area contributed by atoms with E-state index in [1.54, 1.807) is 0 Å². The first kappa shape index (κ1) is 14.0. The molecule has 1 unspecified atom stereocenters. The van der Waals surface area contributed by atoms with Gasteiger partial charge in [-0.05, 0) is 44.8 Å². The van der Waals surface area contributed by atoms with Crippen molar-refractivity contribution in [3.8, 4) is 0 Å². The second-order valence-corrected chi connectivity index (χ2v) is 6.05. The van der Waals surface area contributed by atoms with Crippen molar-refractivity contribution in [1.29, 1.82) is 0 Å². The van der Waals surface area contributed by atoms with Gasteiger partial charge in [0.25, 0.3) is 0 Å². The first-order valence-electron chi connectivity index (χ1n) is 7.51. The third-order valence-electron chi connectivity index (χ3n) is 4.14. The normalized spacial score (nSPS) is 27.1. The average Bonchev–Trinajstić information content (AvgIpc) is 3.16. The first-order valence-corrected chi connectivity index (χ1v) is 7.51. The van der Waals surface area contributed by atoms with Gasteiger partial charge in [-0.2, -0.15) is 0 Å². The van der Waals surface area contributed by atoms with E-state index in [0.29, 0.717) is 6.04 Å². The highest BCUT2D eigenvalue weighted by Gasteiger charge is 2.23. The summed E-state index contributed by atoms with van der Waals surface area (Å²) in [6.07, 6.45) is 5.25. The maximum atomic E-state index is 4.25. The summed E-state index contributed by atoms with van der Waals surface area (Å²) in [7, 11) is 2.25. The zero-order valence-electron chi connectivity index (χ0n) is 12.1. The van der Waals surface area contributed by atoms with Gasteiger partial charge >= 0.3 is 0 Å². The van der Waals surface area contributed by atoms with Crippen molar-refractivity contribution in [3.05, 3.63) is 12.2 Å². The second kappa shape index (κ2) is 6.69. The molecule has 0 amide bonds. The number of hydrogen-bond acceptors (Lipinski definition) is 3. The molecule has 18 heavy (non-hydrogen) atoms. The van der Waals surface area contributed by atoms with Crippen LogP contribution in [0.1, 0.15) is 32.6 Å². The minimum Gasteiger partial charge on any atom is -0.310 e. The minimum atomic E-state index is 0.704. The molecule has 1 saturated carbocycles. The highest BCUT2D eigenvalue weighted by Crippen LogP contribution is 2.19. The molecule has 0 aromatic rings. The molecule has 3 heteroatoms. The Hall–Kier alpha value is -0.380. The molecule has 3 nitrogen and oxygen atoms in total. The number of nitrogens with zero attached hydrogens (tertiary/aromatic N) is 2. The lowest BCUT2D eigenvalue weighted by atomic mass is 10.1. The fourth-order valence-electron chi connectivity index (χ4n) is 2.81. The van der Waals surface area contributed by atoms with Gasteiger partial charge in [-0.1, -0.05) is 13.5 Å². The van der Waals surface area contributed by atoms with E-state index in [4.69, 9.17) is 0 Å².